The highest BCUT2D eigenvalue weighted by Gasteiger charge is 2.30. The predicted octanol–water partition coefficient (Wildman–Crippen LogP) is 3.57. The number of benzene rings is 1. The van der Waals surface area contributed by atoms with E-state index in [2.05, 4.69) is 0 Å². The molecule has 0 amide bonds. The van der Waals surface area contributed by atoms with Crippen LogP contribution in [0.4, 0.5) is 0 Å². The summed E-state index contributed by atoms with van der Waals surface area (Å²) in [5, 5.41) is 9.50. The van der Waals surface area contributed by atoms with Gasteiger partial charge in [0.05, 0.1) is 13.0 Å². The Morgan fingerprint density at radius 1 is 1.32 bits per heavy atom. The van der Waals surface area contributed by atoms with E-state index in [1.807, 2.05) is 24.3 Å². The Labute approximate surface area is 118 Å². The van der Waals surface area contributed by atoms with Gasteiger partial charge in [-0.1, -0.05) is 25.0 Å². The number of hydrogen-bond donors (Lipinski definition) is 1. The van der Waals surface area contributed by atoms with E-state index >= 15 is 0 Å². The lowest BCUT2D eigenvalue weighted by Gasteiger charge is -2.28. The number of carboxylic acids is 1. The van der Waals surface area contributed by atoms with Gasteiger partial charge in [0, 0.05) is 11.0 Å². The van der Waals surface area contributed by atoms with E-state index < -0.39 is 5.97 Å². The maximum atomic E-state index is 11.2. The summed E-state index contributed by atoms with van der Waals surface area (Å²) in [6.45, 7) is 0. The molecule has 1 saturated carbocycles. The lowest BCUT2D eigenvalue weighted by Crippen LogP contribution is -2.29. The monoisotopic (exact) mass is 280 g/mol. The van der Waals surface area contributed by atoms with Crippen molar-refractivity contribution in [3.8, 4) is 5.75 Å². The molecule has 1 N–H and O–H groups in total. The fraction of sp³-hybridized carbons (Fsp3) is 0.533. The van der Waals surface area contributed by atoms with Crippen LogP contribution in [0.2, 0.25) is 0 Å². The molecule has 0 saturated heterocycles. The number of carboxylic acid groups (broad SMARTS) is 1. The van der Waals surface area contributed by atoms with Crippen LogP contribution in [0.15, 0.2) is 24.3 Å². The van der Waals surface area contributed by atoms with Crippen LogP contribution in [-0.2, 0) is 10.5 Å². The van der Waals surface area contributed by atoms with E-state index in [0.29, 0.717) is 0 Å². The highest BCUT2D eigenvalue weighted by Crippen LogP contribution is 2.35. The van der Waals surface area contributed by atoms with Crippen LogP contribution >= 0.6 is 11.8 Å². The molecule has 1 aliphatic carbocycles. The molecule has 0 spiro atoms. The summed E-state index contributed by atoms with van der Waals surface area (Å²) in [6, 6.07) is 7.99. The van der Waals surface area contributed by atoms with Gasteiger partial charge in [-0.15, -0.1) is 0 Å². The summed E-state index contributed by atoms with van der Waals surface area (Å²) in [5.74, 6) is 0.928. The van der Waals surface area contributed by atoms with Crippen LogP contribution in [0, 0.1) is 5.92 Å². The fourth-order valence-corrected chi connectivity index (χ4v) is 3.92. The summed E-state index contributed by atoms with van der Waals surface area (Å²) >= 11 is 1.78. The van der Waals surface area contributed by atoms with Gasteiger partial charge in [0.2, 0.25) is 0 Å². The van der Waals surface area contributed by atoms with Gasteiger partial charge in [0.15, 0.2) is 0 Å². The van der Waals surface area contributed by atoms with Gasteiger partial charge in [0.1, 0.15) is 5.75 Å². The SMILES string of the molecule is COc1ccc(CS[C@@H]2CCCC[C@H]2C(=O)O)cc1. The predicted molar refractivity (Wildman–Crippen MR) is 77.7 cm³/mol. The number of carbonyl (C=O) groups is 1. The second kappa shape index (κ2) is 6.85. The zero-order valence-corrected chi connectivity index (χ0v) is 12.0. The molecular weight excluding hydrogens is 260 g/mol. The van der Waals surface area contributed by atoms with Crippen LogP contribution in [0.3, 0.4) is 0 Å². The Balaban J connectivity index is 1.90. The first-order valence-electron chi connectivity index (χ1n) is 6.68. The molecule has 0 aromatic heterocycles. The molecule has 104 valence electrons. The Bertz CT molecular complexity index is 416. The Hall–Kier alpha value is -1.16. The largest absolute Gasteiger partial charge is 0.497 e. The third-order valence-corrected chi connectivity index (χ3v) is 5.14. The lowest BCUT2D eigenvalue weighted by atomic mass is 9.89. The van der Waals surface area contributed by atoms with Crippen LogP contribution < -0.4 is 4.74 Å². The molecule has 3 nitrogen and oxygen atoms in total. The summed E-state index contributed by atoms with van der Waals surface area (Å²) in [4.78, 5) is 11.2. The van der Waals surface area contributed by atoms with E-state index in [4.69, 9.17) is 4.74 Å². The van der Waals surface area contributed by atoms with Crippen molar-refractivity contribution in [1.82, 2.24) is 0 Å². The molecule has 19 heavy (non-hydrogen) atoms. The summed E-state index contributed by atoms with van der Waals surface area (Å²) in [6.07, 6.45) is 4.06. The third-order valence-electron chi connectivity index (χ3n) is 3.64. The molecule has 0 unspecified atom stereocenters. The average molecular weight is 280 g/mol. The molecule has 1 fully saturated rings. The number of hydrogen-bond acceptors (Lipinski definition) is 3. The van der Waals surface area contributed by atoms with Crippen molar-refractivity contribution in [2.45, 2.75) is 36.7 Å². The number of ether oxygens (including phenoxy) is 1. The zero-order chi connectivity index (χ0) is 13.7. The molecule has 1 aromatic carbocycles. The van der Waals surface area contributed by atoms with Crippen molar-refractivity contribution in [1.29, 1.82) is 0 Å². The molecular formula is C15H20O3S. The Morgan fingerprint density at radius 3 is 2.63 bits per heavy atom. The molecule has 2 rings (SSSR count). The van der Waals surface area contributed by atoms with Crippen molar-refractivity contribution in [3.05, 3.63) is 29.8 Å². The number of rotatable bonds is 5. The second-order valence-corrected chi connectivity index (χ2v) is 6.15. The van der Waals surface area contributed by atoms with Crippen molar-refractivity contribution in [3.63, 3.8) is 0 Å². The molecule has 0 aliphatic heterocycles. The van der Waals surface area contributed by atoms with E-state index in [1.54, 1.807) is 18.9 Å². The minimum atomic E-state index is -0.632. The van der Waals surface area contributed by atoms with E-state index in [1.165, 1.54) is 5.56 Å². The molecule has 1 aromatic rings. The van der Waals surface area contributed by atoms with Gasteiger partial charge >= 0.3 is 5.97 Å². The number of thioether (sulfide) groups is 1. The highest BCUT2D eigenvalue weighted by molar-refractivity contribution is 7.99. The molecule has 0 radical (unpaired) electrons. The van der Waals surface area contributed by atoms with Crippen molar-refractivity contribution >= 4 is 17.7 Å². The first kappa shape index (κ1) is 14.3. The summed E-state index contributed by atoms with van der Waals surface area (Å²) < 4.78 is 5.13. The Kier molecular flexibility index (Phi) is 5.14. The van der Waals surface area contributed by atoms with Gasteiger partial charge in [-0.2, -0.15) is 11.8 Å². The summed E-state index contributed by atoms with van der Waals surface area (Å²) in [5.41, 5.74) is 1.22. The molecule has 2 atom stereocenters. The van der Waals surface area contributed by atoms with E-state index in [0.717, 1.165) is 37.2 Å². The zero-order valence-electron chi connectivity index (χ0n) is 11.2. The normalized spacial score (nSPS) is 23.0. The first-order chi connectivity index (χ1) is 9.20. The maximum Gasteiger partial charge on any atom is 0.307 e. The van der Waals surface area contributed by atoms with Crippen LogP contribution in [0.1, 0.15) is 31.2 Å². The molecule has 4 heteroatoms. The Morgan fingerprint density at radius 2 is 2.00 bits per heavy atom. The number of aliphatic carboxylic acids is 1. The number of methoxy groups -OCH3 is 1. The first-order valence-corrected chi connectivity index (χ1v) is 7.73. The van der Waals surface area contributed by atoms with Crippen molar-refractivity contribution in [2.75, 3.05) is 7.11 Å². The third kappa shape index (κ3) is 3.90. The van der Waals surface area contributed by atoms with Crippen LogP contribution in [0.25, 0.3) is 0 Å². The van der Waals surface area contributed by atoms with Gasteiger partial charge in [-0.3, -0.25) is 4.79 Å². The smallest absolute Gasteiger partial charge is 0.307 e. The van der Waals surface area contributed by atoms with Crippen molar-refractivity contribution in [2.24, 2.45) is 5.92 Å². The minimum absolute atomic E-state index is 0.169. The van der Waals surface area contributed by atoms with E-state index in [-0.39, 0.29) is 11.2 Å². The second-order valence-electron chi connectivity index (χ2n) is 4.93. The van der Waals surface area contributed by atoms with Crippen molar-refractivity contribution < 1.29 is 14.6 Å². The lowest BCUT2D eigenvalue weighted by molar-refractivity contribution is -0.142. The minimum Gasteiger partial charge on any atom is -0.497 e. The standard InChI is InChI=1S/C15H20O3S/c1-18-12-8-6-11(7-9-12)10-19-14-5-3-2-4-13(14)15(16)17/h6-9,13-14H,2-5,10H2,1H3,(H,16,17)/t13-,14-/m1/s1. The average Bonchev–Trinajstić information content (AvgIpc) is 2.46. The molecule has 1 aliphatic rings. The quantitative estimate of drug-likeness (QED) is 0.895. The maximum absolute atomic E-state index is 11.2. The van der Waals surface area contributed by atoms with Gasteiger partial charge in [0.25, 0.3) is 0 Å². The van der Waals surface area contributed by atoms with Gasteiger partial charge in [-0.25, -0.2) is 0 Å². The van der Waals surface area contributed by atoms with Gasteiger partial charge in [-0.05, 0) is 30.5 Å². The van der Waals surface area contributed by atoms with Crippen LogP contribution in [-0.4, -0.2) is 23.4 Å². The molecule has 0 heterocycles. The fourth-order valence-electron chi connectivity index (χ4n) is 2.50. The topological polar surface area (TPSA) is 46.5 Å². The summed E-state index contributed by atoms with van der Waals surface area (Å²) in [7, 11) is 1.66. The van der Waals surface area contributed by atoms with E-state index in [9.17, 15) is 9.90 Å². The highest BCUT2D eigenvalue weighted by atomic mass is 32.2. The van der Waals surface area contributed by atoms with Gasteiger partial charge < -0.3 is 9.84 Å². The van der Waals surface area contributed by atoms with Crippen LogP contribution in [0.5, 0.6) is 5.75 Å². The molecule has 0 bridgehead atoms.